The lowest BCUT2D eigenvalue weighted by atomic mass is 9.99. The summed E-state index contributed by atoms with van der Waals surface area (Å²) in [5.74, 6) is -0.995. The van der Waals surface area contributed by atoms with Crippen molar-refractivity contribution in [2.24, 2.45) is 5.73 Å². The Kier molecular flexibility index (Phi) is 5.50. The number of likely N-dealkylation sites (N-methyl/N-ethyl adjacent to an activating group) is 1. The van der Waals surface area contributed by atoms with E-state index in [1.54, 1.807) is 30.1 Å². The second-order valence-electron chi connectivity index (χ2n) is 6.60. The molecular formula is C22H21FN2O2. The number of hydrogen-bond acceptors (Lipinski definition) is 2. The van der Waals surface area contributed by atoms with Crippen molar-refractivity contribution in [2.45, 2.75) is 18.9 Å². The van der Waals surface area contributed by atoms with Gasteiger partial charge in [-0.05, 0) is 41.0 Å². The van der Waals surface area contributed by atoms with Crippen molar-refractivity contribution in [3.05, 3.63) is 83.7 Å². The van der Waals surface area contributed by atoms with Crippen molar-refractivity contribution >= 4 is 22.6 Å². The first-order valence-electron chi connectivity index (χ1n) is 8.73. The molecule has 0 heterocycles. The molecule has 0 spiro atoms. The quantitative estimate of drug-likeness (QED) is 0.727. The van der Waals surface area contributed by atoms with Crippen molar-refractivity contribution in [1.82, 2.24) is 4.90 Å². The lowest BCUT2D eigenvalue weighted by Gasteiger charge is -2.28. The van der Waals surface area contributed by atoms with E-state index in [4.69, 9.17) is 5.73 Å². The second kappa shape index (κ2) is 7.99. The fourth-order valence-electron chi connectivity index (χ4n) is 3.24. The minimum absolute atomic E-state index is 0.0321. The molecule has 2 amide bonds. The number of halogens is 1. The fourth-order valence-corrected chi connectivity index (χ4v) is 3.24. The van der Waals surface area contributed by atoms with Gasteiger partial charge in [0.15, 0.2) is 0 Å². The Morgan fingerprint density at radius 2 is 1.67 bits per heavy atom. The molecule has 4 nitrogen and oxygen atoms in total. The SMILES string of the molecule is CN(C(=O)c1cccc2ccccc12)C(CC(N)=O)Cc1ccc(F)cc1. The molecule has 27 heavy (non-hydrogen) atoms. The molecule has 0 saturated heterocycles. The summed E-state index contributed by atoms with van der Waals surface area (Å²) in [5, 5.41) is 1.83. The minimum atomic E-state index is -0.486. The van der Waals surface area contributed by atoms with Crippen LogP contribution in [-0.4, -0.2) is 29.8 Å². The lowest BCUT2D eigenvalue weighted by Crippen LogP contribution is -2.41. The maximum Gasteiger partial charge on any atom is 0.254 e. The first kappa shape index (κ1) is 18.6. The Morgan fingerprint density at radius 3 is 2.37 bits per heavy atom. The third-order valence-electron chi connectivity index (χ3n) is 4.71. The van der Waals surface area contributed by atoms with Crippen LogP contribution in [0.4, 0.5) is 4.39 Å². The van der Waals surface area contributed by atoms with Gasteiger partial charge in [0.2, 0.25) is 5.91 Å². The van der Waals surface area contributed by atoms with Crippen LogP contribution in [0, 0.1) is 5.82 Å². The average molecular weight is 364 g/mol. The Hall–Kier alpha value is -3.21. The molecule has 3 aromatic rings. The van der Waals surface area contributed by atoms with Crippen molar-refractivity contribution in [3.8, 4) is 0 Å². The Balaban J connectivity index is 1.90. The third-order valence-corrected chi connectivity index (χ3v) is 4.71. The summed E-state index contributed by atoms with van der Waals surface area (Å²) in [6.45, 7) is 0. The summed E-state index contributed by atoms with van der Waals surface area (Å²) in [6.07, 6.45) is 0.445. The monoisotopic (exact) mass is 364 g/mol. The molecule has 0 bridgehead atoms. The lowest BCUT2D eigenvalue weighted by molar-refractivity contribution is -0.118. The summed E-state index contributed by atoms with van der Waals surface area (Å²) in [6, 6.07) is 18.8. The molecule has 3 aromatic carbocycles. The van der Waals surface area contributed by atoms with Gasteiger partial charge in [-0.1, -0.05) is 48.5 Å². The normalized spacial score (nSPS) is 11.9. The zero-order chi connectivity index (χ0) is 19.4. The van der Waals surface area contributed by atoms with Crippen molar-refractivity contribution in [3.63, 3.8) is 0 Å². The number of nitrogens with zero attached hydrogens (tertiary/aromatic N) is 1. The van der Waals surface area contributed by atoms with E-state index in [0.717, 1.165) is 16.3 Å². The minimum Gasteiger partial charge on any atom is -0.370 e. The molecule has 1 atom stereocenters. The molecular weight excluding hydrogens is 343 g/mol. The number of fused-ring (bicyclic) bond motifs is 1. The number of nitrogens with two attached hydrogens (primary N) is 1. The van der Waals surface area contributed by atoms with E-state index < -0.39 is 11.9 Å². The van der Waals surface area contributed by atoms with Gasteiger partial charge < -0.3 is 10.6 Å². The predicted molar refractivity (Wildman–Crippen MR) is 104 cm³/mol. The van der Waals surface area contributed by atoms with Gasteiger partial charge in [0.25, 0.3) is 5.91 Å². The van der Waals surface area contributed by atoms with Gasteiger partial charge in [0, 0.05) is 25.1 Å². The molecule has 0 fully saturated rings. The highest BCUT2D eigenvalue weighted by Crippen LogP contribution is 2.22. The zero-order valence-electron chi connectivity index (χ0n) is 15.1. The van der Waals surface area contributed by atoms with Gasteiger partial charge in [0.1, 0.15) is 5.82 Å². The van der Waals surface area contributed by atoms with Crippen LogP contribution >= 0.6 is 0 Å². The summed E-state index contributed by atoms with van der Waals surface area (Å²) >= 11 is 0. The summed E-state index contributed by atoms with van der Waals surface area (Å²) in [5.41, 5.74) is 6.81. The van der Waals surface area contributed by atoms with Crippen LogP contribution in [0.5, 0.6) is 0 Å². The van der Waals surface area contributed by atoms with Gasteiger partial charge >= 0.3 is 0 Å². The second-order valence-corrected chi connectivity index (χ2v) is 6.60. The Bertz CT molecular complexity index is 964. The molecule has 2 N–H and O–H groups in total. The number of carbonyl (C=O) groups is 2. The van der Waals surface area contributed by atoms with Gasteiger partial charge in [-0.2, -0.15) is 0 Å². The van der Waals surface area contributed by atoms with E-state index in [1.165, 1.54) is 12.1 Å². The Labute approximate surface area is 157 Å². The number of primary amides is 1. The molecule has 1 unspecified atom stereocenters. The molecule has 0 aliphatic carbocycles. The molecule has 0 aliphatic heterocycles. The van der Waals surface area contributed by atoms with Gasteiger partial charge in [0.05, 0.1) is 0 Å². The molecule has 3 rings (SSSR count). The van der Waals surface area contributed by atoms with E-state index in [1.807, 2.05) is 36.4 Å². The van der Waals surface area contributed by atoms with Gasteiger partial charge in [-0.3, -0.25) is 9.59 Å². The smallest absolute Gasteiger partial charge is 0.254 e. The molecule has 0 aliphatic rings. The van der Waals surface area contributed by atoms with E-state index in [9.17, 15) is 14.0 Å². The third kappa shape index (κ3) is 4.31. The average Bonchev–Trinajstić information content (AvgIpc) is 2.67. The maximum absolute atomic E-state index is 13.2. The van der Waals surface area contributed by atoms with Crippen LogP contribution in [0.3, 0.4) is 0 Å². The van der Waals surface area contributed by atoms with Gasteiger partial charge in [-0.25, -0.2) is 4.39 Å². The zero-order valence-corrected chi connectivity index (χ0v) is 15.1. The molecule has 5 heteroatoms. The number of hydrogen-bond donors (Lipinski definition) is 1. The van der Waals surface area contributed by atoms with Crippen molar-refractivity contribution < 1.29 is 14.0 Å². The highest BCUT2D eigenvalue weighted by molar-refractivity contribution is 6.07. The number of rotatable bonds is 6. The molecule has 0 radical (unpaired) electrons. The van der Waals surface area contributed by atoms with Crippen molar-refractivity contribution in [1.29, 1.82) is 0 Å². The van der Waals surface area contributed by atoms with Gasteiger partial charge in [-0.15, -0.1) is 0 Å². The number of benzene rings is 3. The number of amides is 2. The van der Waals surface area contributed by atoms with Crippen LogP contribution in [-0.2, 0) is 11.2 Å². The first-order chi connectivity index (χ1) is 13.0. The first-order valence-corrected chi connectivity index (χ1v) is 8.73. The molecule has 138 valence electrons. The standard InChI is InChI=1S/C22H21FN2O2/c1-25(18(14-21(24)26)13-15-9-11-17(23)12-10-15)22(27)20-8-4-6-16-5-2-3-7-19(16)20/h2-12,18H,13-14H2,1H3,(H2,24,26). The van der Waals surface area contributed by atoms with Crippen LogP contribution in [0.15, 0.2) is 66.7 Å². The summed E-state index contributed by atoms with van der Waals surface area (Å²) in [7, 11) is 1.67. The van der Waals surface area contributed by atoms with E-state index in [-0.39, 0.29) is 18.1 Å². The van der Waals surface area contributed by atoms with Crippen LogP contribution < -0.4 is 5.73 Å². The van der Waals surface area contributed by atoms with E-state index in [0.29, 0.717) is 12.0 Å². The van der Waals surface area contributed by atoms with Crippen LogP contribution in [0.1, 0.15) is 22.3 Å². The fraction of sp³-hybridized carbons (Fsp3) is 0.182. The van der Waals surface area contributed by atoms with E-state index in [2.05, 4.69) is 0 Å². The largest absolute Gasteiger partial charge is 0.370 e. The number of carbonyl (C=O) groups excluding carboxylic acids is 2. The topological polar surface area (TPSA) is 63.4 Å². The van der Waals surface area contributed by atoms with Crippen molar-refractivity contribution in [2.75, 3.05) is 7.05 Å². The highest BCUT2D eigenvalue weighted by Gasteiger charge is 2.24. The van der Waals surface area contributed by atoms with Crippen LogP contribution in [0.2, 0.25) is 0 Å². The summed E-state index contributed by atoms with van der Waals surface area (Å²) < 4.78 is 13.2. The summed E-state index contributed by atoms with van der Waals surface area (Å²) in [4.78, 5) is 26.2. The predicted octanol–water partition coefficient (Wildman–Crippen LogP) is 3.54. The van der Waals surface area contributed by atoms with E-state index >= 15 is 0 Å². The molecule has 0 saturated carbocycles. The Morgan fingerprint density at radius 1 is 1.00 bits per heavy atom. The highest BCUT2D eigenvalue weighted by atomic mass is 19.1. The van der Waals surface area contributed by atoms with Crippen LogP contribution in [0.25, 0.3) is 10.8 Å². The molecule has 0 aromatic heterocycles. The maximum atomic E-state index is 13.2.